The number of aromatic amines is 1. The van der Waals surface area contributed by atoms with Crippen molar-refractivity contribution in [3.05, 3.63) is 28.8 Å². The first kappa shape index (κ1) is 18.4. The highest BCUT2D eigenvalue weighted by molar-refractivity contribution is 7.90. The van der Waals surface area contributed by atoms with E-state index in [1.165, 1.54) is 23.7 Å². The highest BCUT2D eigenvalue weighted by Crippen LogP contribution is 2.30. The molecule has 0 amide bonds. The number of anilines is 1. The van der Waals surface area contributed by atoms with Gasteiger partial charge in [-0.15, -0.1) is 0 Å². The van der Waals surface area contributed by atoms with Crippen molar-refractivity contribution in [2.75, 3.05) is 30.8 Å². The maximum Gasteiger partial charge on any atom is 0.225 e. The number of sulfone groups is 1. The lowest BCUT2D eigenvalue weighted by Crippen LogP contribution is -2.33. The minimum atomic E-state index is -3.37. The number of hydrogen-bond donors (Lipinski definition) is 2. The molecule has 1 unspecified atom stereocenters. The number of H-pyrrole nitrogens is 1. The average Bonchev–Trinajstić information content (AvgIpc) is 3.10. The number of nitrogens with one attached hydrogen (secondary N) is 2. The van der Waals surface area contributed by atoms with Gasteiger partial charge in [0.25, 0.3) is 0 Å². The molecule has 2 aromatic rings. The summed E-state index contributed by atoms with van der Waals surface area (Å²) in [6.07, 6.45) is 6.43. The Hall–Kier alpha value is -2.00. The minimum Gasteiger partial charge on any atom is -0.336 e. The molecule has 4 heterocycles. The zero-order valence-electron chi connectivity index (χ0n) is 15.8. The molecule has 9 heteroatoms. The fourth-order valence-electron chi connectivity index (χ4n) is 4.01. The molecule has 27 heavy (non-hydrogen) atoms. The highest BCUT2D eigenvalue weighted by atomic mass is 32.2. The Morgan fingerprint density at radius 3 is 2.93 bits per heavy atom. The van der Waals surface area contributed by atoms with Crippen molar-refractivity contribution >= 4 is 15.8 Å². The van der Waals surface area contributed by atoms with E-state index in [9.17, 15) is 8.42 Å². The number of piperidine rings is 1. The zero-order valence-corrected chi connectivity index (χ0v) is 16.6. The predicted octanol–water partition coefficient (Wildman–Crippen LogP) is 1.20. The molecule has 0 radical (unpaired) electrons. The van der Waals surface area contributed by atoms with Crippen LogP contribution >= 0.6 is 0 Å². The van der Waals surface area contributed by atoms with Crippen molar-refractivity contribution in [3.63, 3.8) is 0 Å². The molecule has 1 saturated heterocycles. The third-order valence-corrected chi connectivity index (χ3v) is 6.60. The van der Waals surface area contributed by atoms with Crippen molar-refractivity contribution in [1.82, 2.24) is 25.5 Å². The summed E-state index contributed by atoms with van der Waals surface area (Å²) >= 11 is 0. The third kappa shape index (κ3) is 3.58. The van der Waals surface area contributed by atoms with Crippen LogP contribution in [0, 0.1) is 0 Å². The lowest BCUT2D eigenvalue weighted by atomic mass is 9.96. The van der Waals surface area contributed by atoms with E-state index < -0.39 is 9.84 Å². The minimum absolute atomic E-state index is 0.103. The monoisotopic (exact) mass is 390 g/mol. The third-order valence-electron chi connectivity index (χ3n) is 5.49. The van der Waals surface area contributed by atoms with Crippen LogP contribution in [0.25, 0.3) is 0 Å². The summed E-state index contributed by atoms with van der Waals surface area (Å²) in [5.41, 5.74) is 4.15. The van der Waals surface area contributed by atoms with Gasteiger partial charge in [0, 0.05) is 49.5 Å². The predicted molar refractivity (Wildman–Crippen MR) is 103 cm³/mol. The lowest BCUT2D eigenvalue weighted by molar-refractivity contribution is 0.447. The van der Waals surface area contributed by atoms with Crippen molar-refractivity contribution in [2.45, 2.75) is 50.0 Å². The van der Waals surface area contributed by atoms with Crippen LogP contribution in [0.1, 0.15) is 48.3 Å². The van der Waals surface area contributed by atoms with Gasteiger partial charge in [0.05, 0.1) is 17.6 Å². The summed E-state index contributed by atoms with van der Waals surface area (Å²) in [5.74, 6) is 0.711. The van der Waals surface area contributed by atoms with Gasteiger partial charge < -0.3 is 10.2 Å². The first-order chi connectivity index (χ1) is 13.0. The second kappa shape index (κ2) is 7.20. The van der Waals surface area contributed by atoms with Crippen LogP contribution in [0.5, 0.6) is 0 Å². The molecule has 1 atom stereocenters. The topological polar surface area (TPSA) is 104 Å². The Bertz CT molecular complexity index is 920. The van der Waals surface area contributed by atoms with Gasteiger partial charge >= 0.3 is 0 Å². The van der Waals surface area contributed by atoms with Crippen LogP contribution in [0.15, 0.2) is 11.1 Å². The molecule has 2 N–H and O–H groups in total. The number of nitrogens with zero attached hydrogens (tertiary/aromatic N) is 4. The van der Waals surface area contributed by atoms with Crippen LogP contribution in [0.3, 0.4) is 0 Å². The molecule has 146 valence electrons. The SMILES string of the molecule is CCc1n[nH]c2c1CN(c1ncc(S(C)(=O)=O)c(C3CCCNC3)n1)CC2. The fraction of sp³-hybridized carbons (Fsp3) is 0.611. The van der Waals surface area contributed by atoms with E-state index in [1.54, 1.807) is 0 Å². The van der Waals surface area contributed by atoms with Crippen LogP contribution in [0.2, 0.25) is 0 Å². The molecule has 0 bridgehead atoms. The van der Waals surface area contributed by atoms with E-state index in [0.717, 1.165) is 51.0 Å². The second-order valence-corrected chi connectivity index (χ2v) is 9.37. The molecule has 0 aliphatic carbocycles. The van der Waals surface area contributed by atoms with E-state index >= 15 is 0 Å². The van der Waals surface area contributed by atoms with Crippen molar-refractivity contribution in [2.24, 2.45) is 0 Å². The number of rotatable bonds is 4. The molecule has 2 aliphatic rings. The van der Waals surface area contributed by atoms with E-state index in [0.29, 0.717) is 18.2 Å². The van der Waals surface area contributed by atoms with Crippen molar-refractivity contribution in [1.29, 1.82) is 0 Å². The van der Waals surface area contributed by atoms with Crippen LogP contribution < -0.4 is 10.2 Å². The van der Waals surface area contributed by atoms with Crippen LogP contribution in [-0.2, 0) is 29.2 Å². The Labute approximate surface area is 159 Å². The van der Waals surface area contributed by atoms with E-state index in [-0.39, 0.29) is 10.8 Å². The number of aromatic nitrogens is 4. The molecule has 4 rings (SSSR count). The van der Waals surface area contributed by atoms with Gasteiger partial charge in [-0.2, -0.15) is 5.10 Å². The van der Waals surface area contributed by atoms with E-state index in [2.05, 4.69) is 32.3 Å². The lowest BCUT2D eigenvalue weighted by Gasteiger charge is -2.29. The number of hydrogen-bond acceptors (Lipinski definition) is 7. The number of fused-ring (bicyclic) bond motifs is 1. The highest BCUT2D eigenvalue weighted by Gasteiger charge is 2.28. The first-order valence-corrected chi connectivity index (χ1v) is 11.4. The summed E-state index contributed by atoms with van der Waals surface area (Å²) < 4.78 is 24.5. The molecule has 2 aliphatic heterocycles. The summed E-state index contributed by atoms with van der Waals surface area (Å²) in [7, 11) is -3.37. The Kier molecular flexibility index (Phi) is 4.90. The molecule has 0 spiro atoms. The van der Waals surface area contributed by atoms with Gasteiger partial charge in [-0.3, -0.25) is 5.10 Å². The smallest absolute Gasteiger partial charge is 0.225 e. The average molecular weight is 391 g/mol. The maximum atomic E-state index is 12.3. The quantitative estimate of drug-likeness (QED) is 0.808. The van der Waals surface area contributed by atoms with Gasteiger partial charge in [-0.1, -0.05) is 6.92 Å². The molecular formula is C18H26N6O2S. The van der Waals surface area contributed by atoms with Gasteiger partial charge in [-0.25, -0.2) is 18.4 Å². The van der Waals surface area contributed by atoms with Gasteiger partial charge in [0.2, 0.25) is 5.95 Å². The molecule has 2 aromatic heterocycles. The Balaban J connectivity index is 1.69. The van der Waals surface area contributed by atoms with E-state index in [1.807, 2.05) is 0 Å². The molecule has 8 nitrogen and oxygen atoms in total. The standard InChI is InChI=1S/C18H26N6O2S/c1-3-14-13-11-24(8-6-15(13)23-22-14)18-20-10-16(27(2,25)26)17(21-18)12-5-4-7-19-9-12/h10,12,19H,3-9,11H2,1-2H3,(H,22,23). The molecule has 0 aromatic carbocycles. The van der Waals surface area contributed by atoms with Crippen LogP contribution in [-0.4, -0.2) is 54.5 Å². The number of aryl methyl sites for hydroxylation is 1. The van der Waals surface area contributed by atoms with Crippen molar-refractivity contribution in [3.8, 4) is 0 Å². The summed E-state index contributed by atoms with van der Waals surface area (Å²) in [6.45, 7) is 5.32. The maximum absolute atomic E-state index is 12.3. The second-order valence-electron chi connectivity index (χ2n) is 7.39. The first-order valence-electron chi connectivity index (χ1n) is 9.55. The summed E-state index contributed by atoms with van der Waals surface area (Å²) in [5, 5.41) is 10.9. The Morgan fingerprint density at radius 2 is 2.22 bits per heavy atom. The van der Waals surface area contributed by atoms with Gasteiger partial charge in [-0.05, 0) is 25.8 Å². The summed E-state index contributed by atoms with van der Waals surface area (Å²) in [6, 6.07) is 0. The van der Waals surface area contributed by atoms with Gasteiger partial charge in [0.1, 0.15) is 4.90 Å². The largest absolute Gasteiger partial charge is 0.336 e. The van der Waals surface area contributed by atoms with Gasteiger partial charge in [0.15, 0.2) is 9.84 Å². The van der Waals surface area contributed by atoms with Crippen molar-refractivity contribution < 1.29 is 8.42 Å². The van der Waals surface area contributed by atoms with E-state index in [4.69, 9.17) is 4.98 Å². The summed E-state index contributed by atoms with van der Waals surface area (Å²) in [4.78, 5) is 11.6. The zero-order chi connectivity index (χ0) is 19.0. The van der Waals surface area contributed by atoms with Crippen LogP contribution in [0.4, 0.5) is 5.95 Å². The molecule has 1 fully saturated rings. The molecule has 0 saturated carbocycles. The molecular weight excluding hydrogens is 364 g/mol. The fourth-order valence-corrected chi connectivity index (χ4v) is 4.84. The normalized spacial score (nSPS) is 20.5. The Morgan fingerprint density at radius 1 is 1.37 bits per heavy atom.